The fourth-order valence-electron chi connectivity index (χ4n) is 2.25. The lowest BCUT2D eigenvalue weighted by Gasteiger charge is -2.10. The molecule has 3 aromatic rings. The van der Waals surface area contributed by atoms with E-state index in [1.54, 1.807) is 18.2 Å². The van der Waals surface area contributed by atoms with E-state index in [0.29, 0.717) is 10.0 Å². The van der Waals surface area contributed by atoms with Crippen molar-refractivity contribution in [1.29, 1.82) is 0 Å². The number of halogens is 3. The van der Waals surface area contributed by atoms with E-state index in [1.165, 1.54) is 12.1 Å². The SMILES string of the molecule is O=C(Nc1ccc(Br)cc1F)c1cccc2c(Br)cccc12. The second-order valence-electron chi connectivity index (χ2n) is 4.72. The number of amides is 1. The molecule has 0 fully saturated rings. The Bertz CT molecular complexity index is 880. The quantitative estimate of drug-likeness (QED) is 0.559. The van der Waals surface area contributed by atoms with Crippen LogP contribution in [0.15, 0.2) is 63.5 Å². The van der Waals surface area contributed by atoms with Gasteiger partial charge in [-0.2, -0.15) is 0 Å². The van der Waals surface area contributed by atoms with Crippen LogP contribution in [0.1, 0.15) is 10.4 Å². The average molecular weight is 423 g/mol. The molecule has 22 heavy (non-hydrogen) atoms. The minimum absolute atomic E-state index is 0.153. The Balaban J connectivity index is 2.01. The van der Waals surface area contributed by atoms with Crippen LogP contribution in [0, 0.1) is 5.82 Å². The third-order valence-electron chi connectivity index (χ3n) is 3.29. The highest BCUT2D eigenvalue weighted by Gasteiger charge is 2.13. The molecule has 0 aliphatic carbocycles. The smallest absolute Gasteiger partial charge is 0.256 e. The van der Waals surface area contributed by atoms with E-state index in [-0.39, 0.29) is 11.6 Å². The fraction of sp³-hybridized carbons (Fsp3) is 0. The molecule has 1 N–H and O–H groups in total. The van der Waals surface area contributed by atoms with Gasteiger partial charge in [0, 0.05) is 14.5 Å². The molecule has 0 saturated carbocycles. The van der Waals surface area contributed by atoms with Crippen LogP contribution in [-0.2, 0) is 0 Å². The van der Waals surface area contributed by atoms with Gasteiger partial charge in [-0.25, -0.2) is 4.39 Å². The molecule has 0 heterocycles. The molecular weight excluding hydrogens is 413 g/mol. The molecule has 3 rings (SSSR count). The van der Waals surface area contributed by atoms with Crippen molar-refractivity contribution in [1.82, 2.24) is 0 Å². The maximum Gasteiger partial charge on any atom is 0.256 e. The maximum absolute atomic E-state index is 13.9. The molecule has 0 aliphatic heterocycles. The number of rotatable bonds is 2. The van der Waals surface area contributed by atoms with E-state index in [9.17, 15) is 9.18 Å². The molecule has 3 aromatic carbocycles. The molecule has 2 nitrogen and oxygen atoms in total. The highest BCUT2D eigenvalue weighted by atomic mass is 79.9. The van der Waals surface area contributed by atoms with E-state index in [0.717, 1.165) is 15.2 Å². The number of nitrogens with one attached hydrogen (secondary N) is 1. The van der Waals surface area contributed by atoms with Crippen LogP contribution in [0.2, 0.25) is 0 Å². The van der Waals surface area contributed by atoms with Gasteiger partial charge < -0.3 is 5.32 Å². The Morgan fingerprint density at radius 2 is 1.68 bits per heavy atom. The van der Waals surface area contributed by atoms with Gasteiger partial charge in [0.25, 0.3) is 5.91 Å². The van der Waals surface area contributed by atoms with Crippen LogP contribution >= 0.6 is 31.9 Å². The van der Waals surface area contributed by atoms with Gasteiger partial charge in [-0.3, -0.25) is 4.79 Å². The standard InChI is InChI=1S/C17H10Br2FNO/c18-10-7-8-16(15(20)9-10)21-17(22)13-5-1-4-12-11(13)3-2-6-14(12)19/h1-9H,(H,21,22). The molecule has 0 bridgehead atoms. The predicted molar refractivity (Wildman–Crippen MR) is 93.7 cm³/mol. The summed E-state index contributed by atoms with van der Waals surface area (Å²) in [6, 6.07) is 15.6. The topological polar surface area (TPSA) is 29.1 Å². The summed E-state index contributed by atoms with van der Waals surface area (Å²) >= 11 is 6.66. The van der Waals surface area contributed by atoms with Gasteiger partial charge in [0.2, 0.25) is 0 Å². The molecule has 110 valence electrons. The highest BCUT2D eigenvalue weighted by molar-refractivity contribution is 9.11. The number of benzene rings is 3. The molecule has 0 radical (unpaired) electrons. The second-order valence-corrected chi connectivity index (χ2v) is 6.49. The molecule has 0 saturated heterocycles. The van der Waals surface area contributed by atoms with Crippen molar-refractivity contribution in [2.24, 2.45) is 0 Å². The Hall–Kier alpha value is -1.72. The summed E-state index contributed by atoms with van der Waals surface area (Å²) in [6.07, 6.45) is 0. The maximum atomic E-state index is 13.9. The number of hydrogen-bond acceptors (Lipinski definition) is 1. The summed E-state index contributed by atoms with van der Waals surface area (Å²) < 4.78 is 15.4. The first-order chi connectivity index (χ1) is 10.6. The lowest BCUT2D eigenvalue weighted by Crippen LogP contribution is -2.13. The number of carbonyl (C=O) groups is 1. The minimum Gasteiger partial charge on any atom is -0.319 e. The lowest BCUT2D eigenvalue weighted by molar-refractivity contribution is 0.102. The highest BCUT2D eigenvalue weighted by Crippen LogP contribution is 2.27. The summed E-state index contributed by atoms with van der Waals surface area (Å²) in [5.74, 6) is -0.825. The van der Waals surface area contributed by atoms with Crippen LogP contribution in [-0.4, -0.2) is 5.91 Å². The summed E-state index contributed by atoms with van der Waals surface area (Å²) in [5.41, 5.74) is 0.654. The molecule has 1 amide bonds. The molecule has 0 atom stereocenters. The average Bonchev–Trinajstić information content (AvgIpc) is 2.50. The van der Waals surface area contributed by atoms with Crippen LogP contribution in [0.5, 0.6) is 0 Å². The summed E-state index contributed by atoms with van der Waals surface area (Å²) in [7, 11) is 0. The lowest BCUT2D eigenvalue weighted by atomic mass is 10.0. The first-order valence-corrected chi connectivity index (χ1v) is 8.08. The number of fused-ring (bicyclic) bond motifs is 1. The van der Waals surface area contributed by atoms with Gasteiger partial charge in [0.15, 0.2) is 0 Å². The van der Waals surface area contributed by atoms with Gasteiger partial charge in [-0.15, -0.1) is 0 Å². The molecule has 0 unspecified atom stereocenters. The van der Waals surface area contributed by atoms with Gasteiger partial charge in [-0.05, 0) is 41.1 Å². The van der Waals surface area contributed by atoms with Crippen LogP contribution in [0.4, 0.5) is 10.1 Å². The number of anilines is 1. The van der Waals surface area contributed by atoms with Gasteiger partial charge >= 0.3 is 0 Å². The van der Waals surface area contributed by atoms with Crippen LogP contribution < -0.4 is 5.32 Å². The minimum atomic E-state index is -0.482. The Morgan fingerprint density at radius 1 is 0.955 bits per heavy atom. The van der Waals surface area contributed by atoms with E-state index in [1.807, 2.05) is 24.3 Å². The third kappa shape index (κ3) is 2.91. The van der Waals surface area contributed by atoms with Crippen molar-refractivity contribution in [3.8, 4) is 0 Å². The van der Waals surface area contributed by atoms with Crippen molar-refractivity contribution in [2.45, 2.75) is 0 Å². The zero-order valence-electron chi connectivity index (χ0n) is 11.2. The predicted octanol–water partition coefficient (Wildman–Crippen LogP) is 5.76. The van der Waals surface area contributed by atoms with Crippen molar-refractivity contribution in [3.63, 3.8) is 0 Å². The largest absolute Gasteiger partial charge is 0.319 e. The molecule has 0 aliphatic rings. The van der Waals surface area contributed by atoms with E-state index >= 15 is 0 Å². The first kappa shape index (κ1) is 15.2. The van der Waals surface area contributed by atoms with Crippen molar-refractivity contribution >= 4 is 54.2 Å². The number of carbonyl (C=O) groups excluding carboxylic acids is 1. The molecular formula is C17H10Br2FNO. The molecule has 0 spiro atoms. The molecule has 5 heteroatoms. The Morgan fingerprint density at radius 3 is 2.45 bits per heavy atom. The van der Waals surface area contributed by atoms with E-state index in [4.69, 9.17) is 0 Å². The van der Waals surface area contributed by atoms with Gasteiger partial charge in [-0.1, -0.05) is 56.1 Å². The van der Waals surface area contributed by atoms with Gasteiger partial charge in [0.05, 0.1) is 5.69 Å². The Labute approximate surface area is 143 Å². The summed E-state index contributed by atoms with van der Waals surface area (Å²) in [4.78, 5) is 12.5. The zero-order valence-corrected chi connectivity index (χ0v) is 14.4. The summed E-state index contributed by atoms with van der Waals surface area (Å²) in [5, 5.41) is 4.36. The normalized spacial score (nSPS) is 10.7. The molecule has 0 aromatic heterocycles. The summed E-state index contributed by atoms with van der Waals surface area (Å²) in [6.45, 7) is 0. The number of hydrogen-bond donors (Lipinski definition) is 1. The third-order valence-corrected chi connectivity index (χ3v) is 4.48. The zero-order chi connectivity index (χ0) is 15.7. The van der Waals surface area contributed by atoms with Gasteiger partial charge in [0.1, 0.15) is 5.82 Å². The Kier molecular flexibility index (Phi) is 4.27. The van der Waals surface area contributed by atoms with Crippen molar-refractivity contribution < 1.29 is 9.18 Å². The monoisotopic (exact) mass is 421 g/mol. The van der Waals surface area contributed by atoms with E-state index in [2.05, 4.69) is 37.2 Å². The second kappa shape index (κ2) is 6.18. The van der Waals surface area contributed by atoms with Crippen LogP contribution in [0.3, 0.4) is 0 Å². The fourth-order valence-corrected chi connectivity index (χ4v) is 3.08. The first-order valence-electron chi connectivity index (χ1n) is 6.50. The van der Waals surface area contributed by atoms with E-state index < -0.39 is 5.82 Å². The van der Waals surface area contributed by atoms with Crippen LogP contribution in [0.25, 0.3) is 10.8 Å². The van der Waals surface area contributed by atoms with Crippen molar-refractivity contribution in [2.75, 3.05) is 5.32 Å². The van der Waals surface area contributed by atoms with Crippen molar-refractivity contribution in [3.05, 3.63) is 74.9 Å².